The first-order chi connectivity index (χ1) is 7.76. The third kappa shape index (κ3) is 1.87. The van der Waals surface area contributed by atoms with Crippen LogP contribution in [0.25, 0.3) is 0 Å². The Kier molecular flexibility index (Phi) is 3.08. The van der Waals surface area contributed by atoms with E-state index in [2.05, 4.69) is 15.6 Å². The summed E-state index contributed by atoms with van der Waals surface area (Å²) < 4.78 is 0. The summed E-state index contributed by atoms with van der Waals surface area (Å²) in [5.74, 6) is 0.488. The molecule has 0 spiro atoms. The molecule has 0 saturated heterocycles. The summed E-state index contributed by atoms with van der Waals surface area (Å²) in [5.41, 5.74) is 2.51. The minimum atomic E-state index is -0.0627. The number of nitrogens with zero attached hydrogens (tertiary/aromatic N) is 1. The van der Waals surface area contributed by atoms with E-state index in [0.717, 1.165) is 11.4 Å². The average Bonchev–Trinajstić information content (AvgIpc) is 2.25. The van der Waals surface area contributed by atoms with E-state index < -0.39 is 0 Å². The molecule has 0 aliphatic heterocycles. The minimum Gasteiger partial charge on any atom is -0.386 e. The van der Waals surface area contributed by atoms with Gasteiger partial charge in [0, 0.05) is 25.7 Å². The van der Waals surface area contributed by atoms with Gasteiger partial charge in [0.25, 0.3) is 5.91 Å². The van der Waals surface area contributed by atoms with Gasteiger partial charge in [0.1, 0.15) is 0 Å². The molecule has 0 atom stereocenters. The largest absolute Gasteiger partial charge is 0.386 e. The first kappa shape index (κ1) is 10.9. The van der Waals surface area contributed by atoms with Gasteiger partial charge in [0.2, 0.25) is 0 Å². The maximum Gasteiger partial charge on any atom is 0.253 e. The summed E-state index contributed by atoms with van der Waals surface area (Å²) in [6.45, 7) is 0. The van der Waals surface area contributed by atoms with Crippen molar-refractivity contribution >= 4 is 11.6 Å². The van der Waals surface area contributed by atoms with Crippen molar-refractivity contribution in [3.8, 4) is 0 Å². The molecule has 86 valence electrons. The van der Waals surface area contributed by atoms with Gasteiger partial charge in [-0.15, -0.1) is 0 Å². The number of aromatic nitrogens is 1. The fraction of sp³-hybridized carbons (Fsp3) is 0.500. The molecule has 1 aromatic heterocycles. The van der Waals surface area contributed by atoms with E-state index in [1.54, 1.807) is 20.3 Å². The van der Waals surface area contributed by atoms with Crippen molar-refractivity contribution in [3.63, 3.8) is 0 Å². The fourth-order valence-electron chi connectivity index (χ4n) is 1.92. The molecule has 1 amide bonds. The molecule has 4 heteroatoms. The number of hydrogen-bond donors (Lipinski definition) is 2. The molecule has 0 bridgehead atoms. The summed E-state index contributed by atoms with van der Waals surface area (Å²) in [4.78, 5) is 16.1. The fourth-order valence-corrected chi connectivity index (χ4v) is 1.92. The first-order valence-corrected chi connectivity index (χ1v) is 5.66. The Morgan fingerprint density at radius 1 is 1.44 bits per heavy atom. The predicted octanol–water partition coefficient (Wildman–Crippen LogP) is 1.75. The van der Waals surface area contributed by atoms with Gasteiger partial charge in [-0.05, 0) is 18.9 Å². The van der Waals surface area contributed by atoms with Crippen molar-refractivity contribution in [2.45, 2.75) is 25.2 Å². The van der Waals surface area contributed by atoms with Gasteiger partial charge in [-0.2, -0.15) is 0 Å². The topological polar surface area (TPSA) is 54.0 Å². The molecule has 0 aromatic carbocycles. The summed E-state index contributed by atoms with van der Waals surface area (Å²) >= 11 is 0. The SMILES string of the molecule is CNC(=O)c1cc(C2CCC2)ncc1NC. The standard InChI is InChI=1S/C12H17N3O/c1-13-11-7-15-10(8-4-3-5-8)6-9(11)12(16)14-2/h6-8,13H,3-5H2,1-2H3,(H,14,16). The van der Waals surface area contributed by atoms with E-state index in [-0.39, 0.29) is 5.91 Å². The Morgan fingerprint density at radius 2 is 2.19 bits per heavy atom. The number of amides is 1. The molecule has 2 rings (SSSR count). The highest BCUT2D eigenvalue weighted by Crippen LogP contribution is 2.36. The molecule has 1 heterocycles. The highest BCUT2D eigenvalue weighted by Gasteiger charge is 2.22. The molecule has 4 nitrogen and oxygen atoms in total. The van der Waals surface area contributed by atoms with Crippen molar-refractivity contribution in [2.75, 3.05) is 19.4 Å². The monoisotopic (exact) mass is 219 g/mol. The molecule has 0 radical (unpaired) electrons. The molecule has 2 N–H and O–H groups in total. The summed E-state index contributed by atoms with van der Waals surface area (Å²) in [7, 11) is 3.44. The Morgan fingerprint density at radius 3 is 2.69 bits per heavy atom. The number of rotatable bonds is 3. The molecule has 0 unspecified atom stereocenters. The van der Waals surface area contributed by atoms with Crippen LogP contribution in [0.3, 0.4) is 0 Å². The Hall–Kier alpha value is -1.58. The third-order valence-corrected chi connectivity index (χ3v) is 3.19. The lowest BCUT2D eigenvalue weighted by Gasteiger charge is -2.25. The van der Waals surface area contributed by atoms with Crippen molar-refractivity contribution in [1.29, 1.82) is 0 Å². The van der Waals surface area contributed by atoms with Crippen LogP contribution in [-0.2, 0) is 0 Å². The number of carbonyl (C=O) groups excluding carboxylic acids is 1. The van der Waals surface area contributed by atoms with Crippen LogP contribution in [0, 0.1) is 0 Å². The van der Waals surface area contributed by atoms with Gasteiger partial charge in [-0.1, -0.05) is 6.42 Å². The smallest absolute Gasteiger partial charge is 0.253 e. The van der Waals surface area contributed by atoms with Crippen molar-refractivity contribution < 1.29 is 4.79 Å². The van der Waals surface area contributed by atoms with E-state index in [0.29, 0.717) is 11.5 Å². The van der Waals surface area contributed by atoms with Gasteiger partial charge in [0.15, 0.2) is 0 Å². The van der Waals surface area contributed by atoms with Crippen molar-refractivity contribution in [1.82, 2.24) is 10.3 Å². The molecule has 1 aliphatic rings. The van der Waals surface area contributed by atoms with Crippen LogP contribution < -0.4 is 10.6 Å². The zero-order valence-corrected chi connectivity index (χ0v) is 9.71. The molecule has 1 saturated carbocycles. The van der Waals surface area contributed by atoms with E-state index in [1.807, 2.05) is 6.07 Å². The Bertz CT molecular complexity index is 399. The normalized spacial score (nSPS) is 15.4. The molecule has 1 aliphatic carbocycles. The number of anilines is 1. The second-order valence-corrected chi connectivity index (χ2v) is 4.11. The number of pyridine rings is 1. The van der Waals surface area contributed by atoms with Crippen LogP contribution in [0.4, 0.5) is 5.69 Å². The summed E-state index contributed by atoms with van der Waals surface area (Å²) in [6.07, 6.45) is 5.41. The zero-order valence-electron chi connectivity index (χ0n) is 9.71. The quantitative estimate of drug-likeness (QED) is 0.814. The Labute approximate surface area is 95.5 Å². The van der Waals surface area contributed by atoms with Gasteiger partial charge < -0.3 is 10.6 Å². The lowest BCUT2D eigenvalue weighted by Crippen LogP contribution is -2.21. The second kappa shape index (κ2) is 4.51. The first-order valence-electron chi connectivity index (χ1n) is 5.66. The van der Waals surface area contributed by atoms with Crippen LogP contribution >= 0.6 is 0 Å². The number of nitrogens with one attached hydrogen (secondary N) is 2. The summed E-state index contributed by atoms with van der Waals surface area (Å²) in [5, 5.41) is 5.64. The van der Waals surface area contributed by atoms with Gasteiger partial charge in [-0.3, -0.25) is 9.78 Å². The van der Waals surface area contributed by atoms with Gasteiger partial charge in [0.05, 0.1) is 17.4 Å². The lowest BCUT2D eigenvalue weighted by molar-refractivity contribution is 0.0963. The predicted molar refractivity (Wildman–Crippen MR) is 63.8 cm³/mol. The average molecular weight is 219 g/mol. The van der Waals surface area contributed by atoms with Crippen LogP contribution in [0.1, 0.15) is 41.2 Å². The molecule has 1 aromatic rings. The van der Waals surface area contributed by atoms with E-state index in [1.165, 1.54) is 19.3 Å². The molecular formula is C12H17N3O. The van der Waals surface area contributed by atoms with Crippen LogP contribution in [0.2, 0.25) is 0 Å². The van der Waals surface area contributed by atoms with E-state index in [9.17, 15) is 4.79 Å². The third-order valence-electron chi connectivity index (χ3n) is 3.19. The Balaban J connectivity index is 2.33. The lowest BCUT2D eigenvalue weighted by atomic mass is 9.82. The van der Waals surface area contributed by atoms with E-state index >= 15 is 0 Å². The van der Waals surface area contributed by atoms with Gasteiger partial charge in [-0.25, -0.2) is 0 Å². The van der Waals surface area contributed by atoms with Crippen molar-refractivity contribution in [3.05, 3.63) is 23.5 Å². The van der Waals surface area contributed by atoms with E-state index in [4.69, 9.17) is 0 Å². The highest BCUT2D eigenvalue weighted by molar-refractivity contribution is 5.99. The molecule has 16 heavy (non-hydrogen) atoms. The molecular weight excluding hydrogens is 202 g/mol. The maximum absolute atomic E-state index is 11.7. The number of carbonyl (C=O) groups is 1. The number of hydrogen-bond acceptors (Lipinski definition) is 3. The van der Waals surface area contributed by atoms with Crippen LogP contribution in [0.5, 0.6) is 0 Å². The van der Waals surface area contributed by atoms with Crippen LogP contribution in [0.15, 0.2) is 12.3 Å². The van der Waals surface area contributed by atoms with Gasteiger partial charge >= 0.3 is 0 Å². The second-order valence-electron chi connectivity index (χ2n) is 4.11. The maximum atomic E-state index is 11.7. The zero-order chi connectivity index (χ0) is 11.5. The summed E-state index contributed by atoms with van der Waals surface area (Å²) in [6, 6.07) is 1.91. The van der Waals surface area contributed by atoms with Crippen LogP contribution in [-0.4, -0.2) is 25.0 Å². The molecule has 1 fully saturated rings. The van der Waals surface area contributed by atoms with Crippen molar-refractivity contribution in [2.24, 2.45) is 0 Å². The minimum absolute atomic E-state index is 0.0627. The highest BCUT2D eigenvalue weighted by atomic mass is 16.1.